The number of carbonyl (C=O) groups excluding carboxylic acids is 1. The fourth-order valence-electron chi connectivity index (χ4n) is 6.01. The molecule has 0 aromatic carbocycles. The number of likely N-dealkylation sites (tertiary alicyclic amines) is 1. The molecule has 0 spiro atoms. The summed E-state index contributed by atoms with van der Waals surface area (Å²) in [5.41, 5.74) is 1.30. The first-order chi connectivity index (χ1) is 17.2. The lowest BCUT2D eigenvalue weighted by atomic mass is 9.88. The first kappa shape index (κ1) is 25.9. The zero-order chi connectivity index (χ0) is 24.6. The number of aryl methyl sites for hydroxylation is 1. The topological polar surface area (TPSA) is 66.3 Å². The summed E-state index contributed by atoms with van der Waals surface area (Å²) < 4.78 is 1.76. The van der Waals surface area contributed by atoms with E-state index in [4.69, 9.17) is 4.98 Å². The smallest absolute Gasteiger partial charge is 0.272 e. The van der Waals surface area contributed by atoms with Crippen molar-refractivity contribution in [3.8, 4) is 0 Å². The fourth-order valence-corrected chi connectivity index (χ4v) is 6.01. The number of hydrogen-bond acceptors (Lipinski definition) is 5. The van der Waals surface area contributed by atoms with Gasteiger partial charge in [-0.3, -0.25) is 4.79 Å². The average molecular weight is 483 g/mol. The molecular weight excluding hydrogens is 436 g/mol. The number of amides is 1. The summed E-state index contributed by atoms with van der Waals surface area (Å²) in [4.78, 5) is 23.0. The van der Waals surface area contributed by atoms with Crippen molar-refractivity contribution in [2.24, 2.45) is 13.0 Å². The van der Waals surface area contributed by atoms with Gasteiger partial charge >= 0.3 is 0 Å². The van der Waals surface area contributed by atoms with E-state index in [2.05, 4.69) is 26.3 Å². The number of hydrogen-bond donors (Lipinski definition) is 1. The van der Waals surface area contributed by atoms with E-state index >= 15 is 0 Å². The molecule has 2 saturated heterocycles. The van der Waals surface area contributed by atoms with Gasteiger partial charge in [0.25, 0.3) is 5.91 Å². The van der Waals surface area contributed by atoms with Gasteiger partial charge in [0.2, 0.25) is 0 Å². The van der Waals surface area contributed by atoms with Crippen LogP contribution in [-0.2, 0) is 7.05 Å². The van der Waals surface area contributed by atoms with Gasteiger partial charge in [-0.15, -0.1) is 0 Å². The Morgan fingerprint density at radius 1 is 0.914 bits per heavy atom. The monoisotopic (exact) mass is 482 g/mol. The Hall–Kier alpha value is -2.15. The minimum absolute atomic E-state index is 0.0596. The number of anilines is 1. The number of fused-ring (bicyclic) bond motifs is 1. The third-order valence-electron chi connectivity index (χ3n) is 7.98. The maximum absolute atomic E-state index is 13.1. The minimum Gasteiger partial charge on any atom is -0.357 e. The van der Waals surface area contributed by atoms with Crippen molar-refractivity contribution < 1.29 is 4.79 Å². The second-order valence-corrected chi connectivity index (χ2v) is 10.5. The number of carbonyl (C=O) groups is 1. The molecule has 1 aliphatic carbocycles. The Balaban J connectivity index is 0.00000141. The Morgan fingerprint density at radius 2 is 1.57 bits per heavy atom. The summed E-state index contributed by atoms with van der Waals surface area (Å²) in [6.45, 7) is 9.54. The van der Waals surface area contributed by atoms with Crippen LogP contribution < -0.4 is 10.2 Å². The Morgan fingerprint density at radius 3 is 2.26 bits per heavy atom. The highest BCUT2D eigenvalue weighted by Gasteiger charge is 2.26. The first-order valence-corrected chi connectivity index (χ1v) is 14.3. The predicted octanol–water partition coefficient (Wildman–Crippen LogP) is 5.15. The summed E-state index contributed by atoms with van der Waals surface area (Å²) in [7, 11) is 1.89. The molecule has 194 valence electrons. The van der Waals surface area contributed by atoms with Gasteiger partial charge in [-0.25, -0.2) is 9.67 Å². The third-order valence-corrected chi connectivity index (χ3v) is 7.98. The van der Waals surface area contributed by atoms with Crippen LogP contribution in [0.15, 0.2) is 12.1 Å². The van der Waals surface area contributed by atoms with Crippen molar-refractivity contribution >= 4 is 22.8 Å². The molecule has 0 radical (unpaired) electrons. The van der Waals surface area contributed by atoms with E-state index < -0.39 is 0 Å². The SMILES string of the molecule is CC.Cn1nc(C(=O)NC2CCN(CC3CCCCC3)CC2)c2ccc(N3CCCCCC3)nc21. The highest BCUT2D eigenvalue weighted by atomic mass is 16.2. The zero-order valence-electron chi connectivity index (χ0n) is 22.3. The summed E-state index contributed by atoms with van der Waals surface area (Å²) in [6.07, 6.45) is 14.1. The lowest BCUT2D eigenvalue weighted by Gasteiger charge is -2.35. The Bertz CT molecular complexity index is 934. The Labute approximate surface area is 211 Å². The van der Waals surface area contributed by atoms with E-state index in [-0.39, 0.29) is 11.9 Å². The van der Waals surface area contributed by atoms with Crippen molar-refractivity contribution in [1.29, 1.82) is 0 Å². The molecular formula is C28H46N6O. The van der Waals surface area contributed by atoms with Crippen LogP contribution in [0.3, 0.4) is 0 Å². The molecule has 2 aliphatic heterocycles. The van der Waals surface area contributed by atoms with Gasteiger partial charge in [-0.05, 0) is 56.6 Å². The van der Waals surface area contributed by atoms with Crippen molar-refractivity contribution in [3.05, 3.63) is 17.8 Å². The largest absolute Gasteiger partial charge is 0.357 e. The van der Waals surface area contributed by atoms with E-state index in [1.165, 1.54) is 64.3 Å². The number of rotatable bonds is 5. The van der Waals surface area contributed by atoms with Crippen molar-refractivity contribution in [2.75, 3.05) is 37.6 Å². The van der Waals surface area contributed by atoms with Gasteiger partial charge in [-0.2, -0.15) is 5.10 Å². The van der Waals surface area contributed by atoms with Crippen LogP contribution in [0.5, 0.6) is 0 Å². The first-order valence-electron chi connectivity index (χ1n) is 14.3. The maximum Gasteiger partial charge on any atom is 0.272 e. The maximum atomic E-state index is 13.1. The number of aromatic nitrogens is 3. The van der Waals surface area contributed by atoms with Gasteiger partial charge in [0.15, 0.2) is 11.3 Å². The van der Waals surface area contributed by atoms with Crippen LogP contribution in [0.2, 0.25) is 0 Å². The Kier molecular flexibility index (Phi) is 9.41. The van der Waals surface area contributed by atoms with E-state index in [1.807, 2.05) is 27.0 Å². The molecule has 2 aromatic rings. The number of pyridine rings is 1. The van der Waals surface area contributed by atoms with Crippen molar-refractivity contribution in [3.63, 3.8) is 0 Å². The molecule has 4 heterocycles. The third kappa shape index (κ3) is 6.54. The molecule has 35 heavy (non-hydrogen) atoms. The number of nitrogens with zero attached hydrogens (tertiary/aromatic N) is 5. The molecule has 0 atom stereocenters. The summed E-state index contributed by atoms with van der Waals surface area (Å²) in [5.74, 6) is 1.83. The molecule has 3 aliphatic rings. The summed E-state index contributed by atoms with van der Waals surface area (Å²) in [6, 6.07) is 4.34. The van der Waals surface area contributed by atoms with E-state index in [0.29, 0.717) is 5.69 Å². The van der Waals surface area contributed by atoms with Gasteiger partial charge in [0, 0.05) is 45.8 Å². The second-order valence-electron chi connectivity index (χ2n) is 10.5. The molecule has 5 rings (SSSR count). The van der Waals surface area contributed by atoms with Gasteiger partial charge in [-0.1, -0.05) is 46.0 Å². The number of piperidine rings is 1. The van der Waals surface area contributed by atoms with Gasteiger partial charge in [0.05, 0.1) is 5.39 Å². The van der Waals surface area contributed by atoms with E-state index in [1.54, 1.807) is 4.68 Å². The standard InChI is InChI=1S/C26H40N6O.C2H6/c1-30-25-22(11-12-23(28-25)32-15-7-2-3-8-16-32)24(29-30)26(33)27-21-13-17-31(18-14-21)19-20-9-5-4-6-10-20;1-2/h11-12,20-21H,2-10,13-19H2,1H3,(H,27,33);1-2H3. The molecule has 2 aromatic heterocycles. The molecule has 1 amide bonds. The van der Waals surface area contributed by atoms with Crippen LogP contribution in [0.1, 0.15) is 95.0 Å². The van der Waals surface area contributed by atoms with Crippen LogP contribution >= 0.6 is 0 Å². The minimum atomic E-state index is -0.0596. The predicted molar refractivity (Wildman–Crippen MR) is 144 cm³/mol. The second kappa shape index (κ2) is 12.7. The zero-order valence-corrected chi connectivity index (χ0v) is 22.3. The normalized spacial score (nSPS) is 20.8. The molecule has 3 fully saturated rings. The fraction of sp³-hybridized carbons (Fsp3) is 0.750. The molecule has 0 unspecified atom stereocenters. The lowest BCUT2D eigenvalue weighted by Crippen LogP contribution is -2.46. The highest BCUT2D eigenvalue weighted by molar-refractivity contribution is 6.04. The van der Waals surface area contributed by atoms with Crippen molar-refractivity contribution in [1.82, 2.24) is 25.0 Å². The molecule has 7 heteroatoms. The molecule has 0 bridgehead atoms. The number of nitrogens with one attached hydrogen (secondary N) is 1. The van der Waals surface area contributed by atoms with Crippen LogP contribution in [0.4, 0.5) is 5.82 Å². The van der Waals surface area contributed by atoms with E-state index in [9.17, 15) is 4.79 Å². The lowest BCUT2D eigenvalue weighted by molar-refractivity contribution is 0.0897. The van der Waals surface area contributed by atoms with Crippen LogP contribution in [-0.4, -0.2) is 64.3 Å². The molecule has 1 saturated carbocycles. The van der Waals surface area contributed by atoms with Crippen LogP contribution in [0.25, 0.3) is 11.0 Å². The van der Waals surface area contributed by atoms with Gasteiger partial charge in [0.1, 0.15) is 5.82 Å². The molecule has 1 N–H and O–H groups in total. The highest BCUT2D eigenvalue weighted by Crippen LogP contribution is 2.26. The quantitative estimate of drug-likeness (QED) is 0.638. The summed E-state index contributed by atoms with van der Waals surface area (Å²) in [5, 5.41) is 8.69. The average Bonchev–Trinajstić information content (AvgIpc) is 3.05. The van der Waals surface area contributed by atoms with E-state index in [0.717, 1.165) is 61.8 Å². The van der Waals surface area contributed by atoms with Crippen molar-refractivity contribution in [2.45, 2.75) is 90.5 Å². The van der Waals surface area contributed by atoms with Gasteiger partial charge < -0.3 is 15.1 Å². The van der Waals surface area contributed by atoms with Crippen LogP contribution in [0, 0.1) is 5.92 Å². The molecule has 7 nitrogen and oxygen atoms in total. The summed E-state index contributed by atoms with van der Waals surface area (Å²) >= 11 is 0.